The zero-order valence-corrected chi connectivity index (χ0v) is 16.4. The summed E-state index contributed by atoms with van der Waals surface area (Å²) in [6.45, 7) is 1.33. The van der Waals surface area contributed by atoms with Gasteiger partial charge in [0.2, 0.25) is 0 Å². The molecule has 0 amide bonds. The fourth-order valence-corrected chi connectivity index (χ4v) is 5.25. The van der Waals surface area contributed by atoms with Crippen molar-refractivity contribution < 1.29 is 22.7 Å². The van der Waals surface area contributed by atoms with Crippen LogP contribution >= 0.6 is 11.8 Å². The van der Waals surface area contributed by atoms with Crippen LogP contribution in [-0.4, -0.2) is 37.9 Å². The highest BCUT2D eigenvalue weighted by atomic mass is 32.2. The summed E-state index contributed by atoms with van der Waals surface area (Å²) >= 11 is 1.34. The monoisotopic (exact) mass is 407 g/mol. The van der Waals surface area contributed by atoms with Crippen molar-refractivity contribution in [3.05, 3.63) is 53.1 Å². The van der Waals surface area contributed by atoms with Crippen molar-refractivity contribution in [3.8, 4) is 5.75 Å². The minimum Gasteiger partial charge on any atom is -0.497 e. The molecule has 0 saturated carbocycles. The third kappa shape index (κ3) is 3.10. The first-order chi connectivity index (χ1) is 13.2. The van der Waals surface area contributed by atoms with Gasteiger partial charge in [-0.3, -0.25) is 4.79 Å². The van der Waals surface area contributed by atoms with E-state index in [1.54, 1.807) is 25.3 Å². The number of fused-ring (bicyclic) bond motifs is 3. The van der Waals surface area contributed by atoms with E-state index in [1.165, 1.54) is 23.9 Å². The molecule has 2 aliphatic rings. The number of nitrogens with zero attached hydrogens (tertiary/aromatic N) is 1. The number of methoxy groups -OCH3 is 1. The highest BCUT2D eigenvalue weighted by molar-refractivity contribution is 7.99. The molecule has 1 spiro atoms. The molecule has 1 fully saturated rings. The van der Waals surface area contributed by atoms with Gasteiger partial charge in [0.1, 0.15) is 5.75 Å². The molecular weight excluding hydrogens is 387 g/mol. The lowest BCUT2D eigenvalue weighted by Crippen LogP contribution is -2.46. The number of likely N-dealkylation sites (tertiary alicyclic amines) is 1. The quantitative estimate of drug-likeness (QED) is 0.664. The Hall–Kier alpha value is -1.99. The lowest BCUT2D eigenvalue weighted by molar-refractivity contribution is -0.137. The molecule has 2 aromatic rings. The number of Topliss-reactive ketones (excluding diaryl/α,β-unsaturated/α-hetero) is 1. The summed E-state index contributed by atoms with van der Waals surface area (Å²) in [6, 6.07) is 9.05. The predicted octanol–water partition coefficient (Wildman–Crippen LogP) is 5.02. The van der Waals surface area contributed by atoms with Crippen molar-refractivity contribution in [2.45, 2.75) is 34.2 Å². The zero-order chi connectivity index (χ0) is 20.1. The number of ketones is 1. The molecule has 0 aliphatic carbocycles. The molecule has 3 nitrogen and oxygen atoms in total. The Morgan fingerprint density at radius 1 is 1.07 bits per heavy atom. The van der Waals surface area contributed by atoms with Crippen molar-refractivity contribution in [2.75, 3.05) is 27.2 Å². The predicted molar refractivity (Wildman–Crippen MR) is 101 cm³/mol. The van der Waals surface area contributed by atoms with E-state index in [-0.39, 0.29) is 5.78 Å². The summed E-state index contributed by atoms with van der Waals surface area (Å²) in [5, 5.41) is 0. The first-order valence-electron chi connectivity index (χ1n) is 9.05. The number of halogens is 3. The average molecular weight is 407 g/mol. The van der Waals surface area contributed by atoms with Gasteiger partial charge in [0.15, 0.2) is 5.78 Å². The van der Waals surface area contributed by atoms with Crippen LogP contribution in [0.3, 0.4) is 0 Å². The Labute approximate surface area is 165 Å². The topological polar surface area (TPSA) is 29.5 Å². The highest BCUT2D eigenvalue weighted by Gasteiger charge is 2.47. The standard InChI is InChI=1S/C21H20F3NO2S/c1-25-9-7-20(8-10-25)16-11-13(21(22,23)24)3-6-17(16)28-18-12-14(27-2)4-5-15(18)19(20)26/h3-6,11-12H,7-10H2,1-2H3. The number of hydrogen-bond donors (Lipinski definition) is 0. The first kappa shape index (κ1) is 19.3. The summed E-state index contributed by atoms with van der Waals surface area (Å²) in [5.74, 6) is 0.524. The molecule has 28 heavy (non-hydrogen) atoms. The van der Waals surface area contributed by atoms with Gasteiger partial charge in [0, 0.05) is 15.4 Å². The molecule has 4 rings (SSSR count). The maximum atomic E-state index is 13.7. The number of carbonyl (C=O) groups excluding carboxylic acids is 1. The molecule has 0 N–H and O–H groups in total. The summed E-state index contributed by atoms with van der Waals surface area (Å²) in [4.78, 5) is 17.2. The smallest absolute Gasteiger partial charge is 0.416 e. The third-order valence-electron chi connectivity index (χ3n) is 5.75. The lowest BCUT2D eigenvalue weighted by Gasteiger charge is -2.40. The molecule has 2 aliphatic heterocycles. The van der Waals surface area contributed by atoms with Crippen LogP contribution in [0.15, 0.2) is 46.2 Å². The zero-order valence-electron chi connectivity index (χ0n) is 15.6. The van der Waals surface area contributed by atoms with Gasteiger partial charge in [-0.15, -0.1) is 0 Å². The summed E-state index contributed by atoms with van der Waals surface area (Å²) in [5.41, 5.74) is -0.585. The normalized spacial score (nSPS) is 19.1. The Bertz CT molecular complexity index is 934. The van der Waals surface area contributed by atoms with Gasteiger partial charge in [0.25, 0.3) is 0 Å². The molecule has 0 bridgehead atoms. The maximum Gasteiger partial charge on any atom is 0.416 e. The number of alkyl halides is 3. The molecule has 7 heteroatoms. The van der Waals surface area contributed by atoms with Crippen molar-refractivity contribution in [1.29, 1.82) is 0 Å². The van der Waals surface area contributed by atoms with Crippen molar-refractivity contribution >= 4 is 17.5 Å². The fourth-order valence-electron chi connectivity index (χ4n) is 4.07. The number of ether oxygens (including phenoxy) is 1. The minimum absolute atomic E-state index is 0.0937. The van der Waals surface area contributed by atoms with Gasteiger partial charge in [-0.1, -0.05) is 11.8 Å². The largest absolute Gasteiger partial charge is 0.497 e. The van der Waals surface area contributed by atoms with Crippen molar-refractivity contribution in [3.63, 3.8) is 0 Å². The molecule has 0 aromatic heterocycles. The second-order valence-corrected chi connectivity index (χ2v) is 8.47. The molecule has 0 radical (unpaired) electrons. The first-order valence-corrected chi connectivity index (χ1v) is 9.87. The second-order valence-electron chi connectivity index (χ2n) is 7.39. The number of rotatable bonds is 1. The molecule has 0 unspecified atom stereocenters. The lowest BCUT2D eigenvalue weighted by atomic mass is 9.68. The van der Waals surface area contributed by atoms with E-state index in [9.17, 15) is 18.0 Å². The number of benzene rings is 2. The van der Waals surface area contributed by atoms with E-state index in [4.69, 9.17) is 4.74 Å². The Morgan fingerprint density at radius 2 is 1.79 bits per heavy atom. The van der Waals surface area contributed by atoms with E-state index in [1.807, 2.05) is 7.05 Å². The maximum absolute atomic E-state index is 13.7. The van der Waals surface area contributed by atoms with E-state index in [0.717, 1.165) is 11.0 Å². The van der Waals surface area contributed by atoms with Gasteiger partial charge in [-0.25, -0.2) is 0 Å². The molecule has 2 heterocycles. The summed E-state index contributed by atoms with van der Waals surface area (Å²) < 4.78 is 45.5. The van der Waals surface area contributed by atoms with Gasteiger partial charge < -0.3 is 9.64 Å². The highest BCUT2D eigenvalue weighted by Crippen LogP contribution is 2.50. The van der Waals surface area contributed by atoms with Crippen LogP contribution in [0.2, 0.25) is 0 Å². The van der Waals surface area contributed by atoms with Crippen LogP contribution in [-0.2, 0) is 11.6 Å². The third-order valence-corrected chi connectivity index (χ3v) is 6.88. The number of carbonyl (C=O) groups is 1. The van der Waals surface area contributed by atoms with Crippen LogP contribution in [0.1, 0.15) is 34.3 Å². The number of piperidine rings is 1. The van der Waals surface area contributed by atoms with E-state index in [0.29, 0.717) is 47.7 Å². The molecule has 2 aromatic carbocycles. The van der Waals surface area contributed by atoms with Crippen LogP contribution < -0.4 is 4.74 Å². The van der Waals surface area contributed by atoms with Crippen molar-refractivity contribution in [2.24, 2.45) is 0 Å². The molecule has 1 saturated heterocycles. The van der Waals surface area contributed by atoms with Gasteiger partial charge in [-0.2, -0.15) is 13.2 Å². The van der Waals surface area contributed by atoms with Crippen LogP contribution in [0, 0.1) is 0 Å². The number of hydrogen-bond acceptors (Lipinski definition) is 4. The second kappa shape index (κ2) is 6.81. The Morgan fingerprint density at radius 3 is 2.43 bits per heavy atom. The molecule has 148 valence electrons. The average Bonchev–Trinajstić information content (AvgIpc) is 2.76. The summed E-state index contributed by atoms with van der Waals surface area (Å²) in [6.07, 6.45) is -3.44. The minimum atomic E-state index is -4.45. The van der Waals surface area contributed by atoms with Crippen LogP contribution in [0.5, 0.6) is 5.75 Å². The molecular formula is C21H20F3NO2S. The van der Waals surface area contributed by atoms with E-state index in [2.05, 4.69) is 4.90 Å². The van der Waals surface area contributed by atoms with Gasteiger partial charge >= 0.3 is 6.18 Å². The van der Waals surface area contributed by atoms with Gasteiger partial charge in [-0.05, 0) is 74.9 Å². The van der Waals surface area contributed by atoms with E-state index >= 15 is 0 Å². The van der Waals surface area contributed by atoms with Crippen LogP contribution in [0.4, 0.5) is 13.2 Å². The van der Waals surface area contributed by atoms with Crippen molar-refractivity contribution in [1.82, 2.24) is 4.90 Å². The van der Waals surface area contributed by atoms with E-state index < -0.39 is 17.2 Å². The Kier molecular flexibility index (Phi) is 4.70. The Balaban J connectivity index is 1.94. The SMILES string of the molecule is COc1ccc2c(c1)Sc1ccc(C(F)(F)F)cc1C1(CCN(C)CC1)C2=O. The van der Waals surface area contributed by atoms with Gasteiger partial charge in [0.05, 0.1) is 18.1 Å². The molecule has 0 atom stereocenters. The van der Waals surface area contributed by atoms with Crippen LogP contribution in [0.25, 0.3) is 0 Å². The summed E-state index contributed by atoms with van der Waals surface area (Å²) in [7, 11) is 3.52. The fraction of sp³-hybridized carbons (Fsp3) is 0.381.